The van der Waals surface area contributed by atoms with Crippen LogP contribution in [0.1, 0.15) is 18.2 Å². The van der Waals surface area contributed by atoms with Crippen molar-refractivity contribution >= 4 is 22.4 Å². The van der Waals surface area contributed by atoms with E-state index in [-0.39, 0.29) is 0 Å². The lowest BCUT2D eigenvalue weighted by molar-refractivity contribution is 0.683. The molecule has 0 saturated carbocycles. The predicted molar refractivity (Wildman–Crippen MR) is 56.4 cm³/mol. The molecule has 1 aromatic rings. The minimum Gasteiger partial charge on any atom is -0.259 e. The molecule has 0 radical (unpaired) electrons. The number of hydrogen-bond acceptors (Lipinski definition) is 2. The molecule has 72 valence electrons. The largest absolute Gasteiger partial charge is 0.259 e. The van der Waals surface area contributed by atoms with Crippen LogP contribution in [0.5, 0.6) is 0 Å². The second-order valence-electron chi connectivity index (χ2n) is 2.75. The van der Waals surface area contributed by atoms with Gasteiger partial charge in [-0.05, 0) is 18.6 Å². The van der Waals surface area contributed by atoms with Crippen LogP contribution in [0.25, 0.3) is 0 Å². The molecule has 0 aromatic carbocycles. The van der Waals surface area contributed by atoms with E-state index >= 15 is 0 Å². The SMILES string of the molecule is CCS(=O)Cc1ccc(Cl)nc1C. The van der Waals surface area contributed by atoms with Crippen molar-refractivity contribution in [2.75, 3.05) is 5.75 Å². The number of aryl methyl sites for hydroxylation is 1. The average Bonchev–Trinajstić information content (AvgIpc) is 2.09. The van der Waals surface area contributed by atoms with E-state index in [0.29, 0.717) is 16.7 Å². The molecule has 0 aliphatic heterocycles. The minimum atomic E-state index is -0.778. The lowest BCUT2D eigenvalue weighted by Crippen LogP contribution is -2.00. The van der Waals surface area contributed by atoms with E-state index in [1.165, 1.54) is 0 Å². The van der Waals surface area contributed by atoms with Crippen LogP contribution in [0.4, 0.5) is 0 Å². The molecule has 1 unspecified atom stereocenters. The zero-order valence-corrected chi connectivity index (χ0v) is 9.28. The third-order valence-electron chi connectivity index (χ3n) is 1.80. The monoisotopic (exact) mass is 217 g/mol. The summed E-state index contributed by atoms with van der Waals surface area (Å²) in [5.74, 6) is 1.26. The van der Waals surface area contributed by atoms with Gasteiger partial charge in [0.05, 0.1) is 5.75 Å². The molecule has 0 N–H and O–H groups in total. The van der Waals surface area contributed by atoms with Crippen LogP contribution in [0.2, 0.25) is 5.15 Å². The van der Waals surface area contributed by atoms with Gasteiger partial charge in [-0.3, -0.25) is 4.21 Å². The van der Waals surface area contributed by atoms with Gasteiger partial charge in [0.1, 0.15) is 5.15 Å². The van der Waals surface area contributed by atoms with E-state index in [1.54, 1.807) is 6.07 Å². The molecule has 0 aliphatic carbocycles. The Morgan fingerprint density at radius 2 is 2.23 bits per heavy atom. The van der Waals surface area contributed by atoms with Crippen molar-refractivity contribution in [1.82, 2.24) is 4.98 Å². The fourth-order valence-electron chi connectivity index (χ4n) is 0.987. The molecule has 1 rings (SSSR count). The summed E-state index contributed by atoms with van der Waals surface area (Å²) in [4.78, 5) is 4.09. The minimum absolute atomic E-state index is 0.489. The Labute approximate surface area is 85.8 Å². The average molecular weight is 218 g/mol. The lowest BCUT2D eigenvalue weighted by atomic mass is 10.2. The first-order valence-corrected chi connectivity index (χ1v) is 5.97. The fourth-order valence-corrected chi connectivity index (χ4v) is 2.03. The highest BCUT2D eigenvalue weighted by Gasteiger charge is 2.03. The molecular formula is C9H12ClNOS. The van der Waals surface area contributed by atoms with Crippen molar-refractivity contribution in [1.29, 1.82) is 0 Å². The Morgan fingerprint density at radius 1 is 1.54 bits per heavy atom. The zero-order valence-electron chi connectivity index (χ0n) is 7.71. The molecule has 2 nitrogen and oxygen atoms in total. The Kier molecular flexibility index (Phi) is 3.88. The summed E-state index contributed by atoms with van der Waals surface area (Å²) >= 11 is 5.70. The van der Waals surface area contributed by atoms with Crippen molar-refractivity contribution in [2.45, 2.75) is 19.6 Å². The van der Waals surface area contributed by atoms with Gasteiger partial charge in [-0.25, -0.2) is 4.98 Å². The molecule has 13 heavy (non-hydrogen) atoms. The van der Waals surface area contributed by atoms with Crippen LogP contribution in [-0.4, -0.2) is 14.9 Å². The van der Waals surface area contributed by atoms with E-state index in [1.807, 2.05) is 19.9 Å². The molecule has 0 fully saturated rings. The number of rotatable bonds is 3. The van der Waals surface area contributed by atoms with Crippen molar-refractivity contribution in [3.63, 3.8) is 0 Å². The Hall–Kier alpha value is -0.410. The maximum Gasteiger partial charge on any atom is 0.129 e. The Balaban J connectivity index is 2.83. The normalized spacial score (nSPS) is 12.8. The van der Waals surface area contributed by atoms with E-state index in [2.05, 4.69) is 4.98 Å². The molecule has 0 amide bonds. The highest BCUT2D eigenvalue weighted by molar-refractivity contribution is 7.84. The van der Waals surface area contributed by atoms with Crippen molar-refractivity contribution in [3.05, 3.63) is 28.5 Å². The van der Waals surface area contributed by atoms with Gasteiger partial charge in [-0.2, -0.15) is 0 Å². The van der Waals surface area contributed by atoms with Gasteiger partial charge in [-0.15, -0.1) is 0 Å². The first-order chi connectivity index (χ1) is 6.13. The standard InChI is InChI=1S/C9H12ClNOS/c1-3-13(12)6-8-4-5-9(10)11-7(8)2/h4-5H,3,6H2,1-2H3. The molecular weight excluding hydrogens is 206 g/mol. The first-order valence-electron chi connectivity index (χ1n) is 4.10. The van der Waals surface area contributed by atoms with E-state index in [0.717, 1.165) is 11.3 Å². The van der Waals surface area contributed by atoms with Crippen LogP contribution in [-0.2, 0) is 16.6 Å². The Bertz CT molecular complexity index is 327. The third kappa shape index (κ3) is 3.08. The van der Waals surface area contributed by atoms with Crippen LogP contribution in [0.3, 0.4) is 0 Å². The zero-order chi connectivity index (χ0) is 9.84. The van der Waals surface area contributed by atoms with Gasteiger partial charge in [0, 0.05) is 22.2 Å². The number of halogens is 1. The summed E-state index contributed by atoms with van der Waals surface area (Å²) in [6.07, 6.45) is 0. The van der Waals surface area contributed by atoms with Gasteiger partial charge >= 0.3 is 0 Å². The molecule has 0 bridgehead atoms. The molecule has 4 heteroatoms. The van der Waals surface area contributed by atoms with Crippen LogP contribution < -0.4 is 0 Å². The van der Waals surface area contributed by atoms with E-state index < -0.39 is 10.8 Å². The summed E-state index contributed by atoms with van der Waals surface area (Å²) < 4.78 is 11.3. The summed E-state index contributed by atoms with van der Waals surface area (Å²) in [5.41, 5.74) is 1.89. The number of hydrogen-bond donors (Lipinski definition) is 0. The summed E-state index contributed by atoms with van der Waals surface area (Å²) in [5, 5.41) is 0.489. The van der Waals surface area contributed by atoms with E-state index in [9.17, 15) is 4.21 Å². The fraction of sp³-hybridized carbons (Fsp3) is 0.444. The molecule has 0 aliphatic rings. The summed E-state index contributed by atoms with van der Waals surface area (Å²) in [7, 11) is -0.778. The summed E-state index contributed by atoms with van der Waals surface area (Å²) in [6.45, 7) is 3.79. The maximum absolute atomic E-state index is 11.3. The van der Waals surface area contributed by atoms with Crippen LogP contribution in [0, 0.1) is 6.92 Å². The van der Waals surface area contributed by atoms with Gasteiger partial charge < -0.3 is 0 Å². The van der Waals surface area contributed by atoms with Gasteiger partial charge in [0.25, 0.3) is 0 Å². The molecule has 0 saturated heterocycles. The van der Waals surface area contributed by atoms with Gasteiger partial charge in [0.15, 0.2) is 0 Å². The Morgan fingerprint density at radius 3 is 2.77 bits per heavy atom. The maximum atomic E-state index is 11.3. The quantitative estimate of drug-likeness (QED) is 0.728. The van der Waals surface area contributed by atoms with E-state index in [4.69, 9.17) is 11.6 Å². The topological polar surface area (TPSA) is 30.0 Å². The second-order valence-corrected chi connectivity index (χ2v) is 4.88. The smallest absolute Gasteiger partial charge is 0.129 e. The third-order valence-corrected chi connectivity index (χ3v) is 3.29. The van der Waals surface area contributed by atoms with Crippen molar-refractivity contribution < 1.29 is 4.21 Å². The second kappa shape index (κ2) is 4.72. The molecule has 1 atom stereocenters. The van der Waals surface area contributed by atoms with Gasteiger partial charge in [-0.1, -0.05) is 24.6 Å². The highest BCUT2D eigenvalue weighted by atomic mass is 35.5. The summed E-state index contributed by atoms with van der Waals surface area (Å²) in [6, 6.07) is 3.62. The molecule has 1 heterocycles. The number of aromatic nitrogens is 1. The lowest BCUT2D eigenvalue weighted by Gasteiger charge is -2.03. The van der Waals surface area contributed by atoms with Gasteiger partial charge in [0.2, 0.25) is 0 Å². The van der Waals surface area contributed by atoms with Crippen molar-refractivity contribution in [2.24, 2.45) is 0 Å². The van der Waals surface area contributed by atoms with Crippen LogP contribution >= 0.6 is 11.6 Å². The number of pyridine rings is 1. The number of nitrogens with zero attached hydrogens (tertiary/aromatic N) is 1. The molecule has 0 spiro atoms. The highest BCUT2D eigenvalue weighted by Crippen LogP contribution is 2.12. The first kappa shape index (κ1) is 10.7. The molecule has 1 aromatic heterocycles. The van der Waals surface area contributed by atoms with Crippen LogP contribution in [0.15, 0.2) is 12.1 Å². The van der Waals surface area contributed by atoms with Crippen molar-refractivity contribution in [3.8, 4) is 0 Å². The predicted octanol–water partition coefficient (Wildman–Crippen LogP) is 2.31.